The highest BCUT2D eigenvalue weighted by molar-refractivity contribution is 6.81. The lowest BCUT2D eigenvalue weighted by Gasteiger charge is -2.37. The fourth-order valence-electron chi connectivity index (χ4n) is 2.53. The first kappa shape index (κ1) is 14.4. The Bertz CT molecular complexity index is 213. The van der Waals surface area contributed by atoms with Gasteiger partial charge in [0.15, 0.2) is 8.32 Å². The molecule has 1 aliphatic heterocycles. The Morgan fingerprint density at radius 1 is 1.06 bits per heavy atom. The first-order valence-corrected chi connectivity index (χ1v) is 13.0. The fourth-order valence-corrected chi connectivity index (χ4v) is 9.98. The van der Waals surface area contributed by atoms with Crippen LogP contribution in [0.15, 0.2) is 0 Å². The van der Waals surface area contributed by atoms with Crippen LogP contribution in [0.5, 0.6) is 0 Å². The van der Waals surface area contributed by atoms with Gasteiger partial charge in [-0.2, -0.15) is 0 Å². The summed E-state index contributed by atoms with van der Waals surface area (Å²) in [5.41, 5.74) is 1.04. The Labute approximate surface area is 103 Å². The van der Waals surface area contributed by atoms with E-state index in [9.17, 15) is 0 Å². The quantitative estimate of drug-likeness (QED) is 0.765. The number of hydrogen-bond donors (Lipinski definition) is 1. The molecule has 1 aliphatic rings. The van der Waals surface area contributed by atoms with Crippen molar-refractivity contribution in [3.63, 3.8) is 0 Å². The maximum Gasteiger partial charge on any atom is 0.185 e. The summed E-state index contributed by atoms with van der Waals surface area (Å²) in [6, 6.07) is 2.82. The van der Waals surface area contributed by atoms with Crippen molar-refractivity contribution in [1.29, 1.82) is 0 Å². The van der Waals surface area contributed by atoms with Crippen LogP contribution in [0, 0.1) is 0 Å². The van der Waals surface area contributed by atoms with E-state index < -0.39 is 16.4 Å². The third-order valence-corrected chi connectivity index (χ3v) is 11.8. The van der Waals surface area contributed by atoms with E-state index in [4.69, 9.17) is 4.43 Å². The highest BCUT2D eigenvalue weighted by Crippen LogP contribution is 2.35. The first-order chi connectivity index (χ1) is 7.37. The summed E-state index contributed by atoms with van der Waals surface area (Å²) in [6.45, 7) is 12.4. The third kappa shape index (κ3) is 4.32. The van der Waals surface area contributed by atoms with Crippen LogP contribution < -0.4 is 5.32 Å². The van der Waals surface area contributed by atoms with Crippen LogP contribution in [0.2, 0.25) is 43.8 Å². The lowest BCUT2D eigenvalue weighted by molar-refractivity contribution is 0.404. The van der Waals surface area contributed by atoms with E-state index in [2.05, 4.69) is 31.5 Å². The Hall–Kier alpha value is 0.354. The van der Waals surface area contributed by atoms with E-state index in [0.29, 0.717) is 0 Å². The summed E-state index contributed by atoms with van der Waals surface area (Å²) < 4.78 is 5.67. The van der Waals surface area contributed by atoms with Gasteiger partial charge < -0.3 is 9.74 Å². The molecule has 0 unspecified atom stereocenters. The average molecular weight is 260 g/mol. The highest BCUT2D eigenvalue weighted by atomic mass is 28.4. The molecule has 1 rings (SSSR count). The van der Waals surface area contributed by atoms with Crippen molar-refractivity contribution in [2.45, 2.75) is 56.7 Å². The molecule has 0 atom stereocenters. The van der Waals surface area contributed by atoms with Gasteiger partial charge in [0.05, 0.1) is 8.07 Å². The Morgan fingerprint density at radius 2 is 1.62 bits per heavy atom. The number of piperidine rings is 1. The number of rotatable bonds is 5. The van der Waals surface area contributed by atoms with E-state index in [1.165, 1.54) is 38.0 Å². The molecule has 0 aromatic rings. The predicted octanol–water partition coefficient (Wildman–Crippen LogP) is 3.30. The summed E-state index contributed by atoms with van der Waals surface area (Å²) >= 11 is 0. The van der Waals surface area contributed by atoms with Gasteiger partial charge in [-0.15, -0.1) is 0 Å². The molecule has 1 N–H and O–H groups in total. The van der Waals surface area contributed by atoms with Crippen molar-refractivity contribution in [2.24, 2.45) is 0 Å². The highest BCUT2D eigenvalue weighted by Gasteiger charge is 2.34. The van der Waals surface area contributed by atoms with Gasteiger partial charge in [-0.05, 0) is 50.6 Å². The zero-order valence-electron chi connectivity index (χ0n) is 11.7. The topological polar surface area (TPSA) is 21.3 Å². The van der Waals surface area contributed by atoms with Gasteiger partial charge in [-0.3, -0.25) is 0 Å². The SMILES string of the molecule is CO[Si](C)(C)CC[Si](C)(C)C1CCNCC1. The van der Waals surface area contributed by atoms with Crippen LogP contribution in [0.3, 0.4) is 0 Å². The smallest absolute Gasteiger partial charge is 0.185 e. The fraction of sp³-hybridized carbons (Fsp3) is 1.00. The van der Waals surface area contributed by atoms with Gasteiger partial charge in [-0.1, -0.05) is 19.1 Å². The van der Waals surface area contributed by atoms with Crippen LogP contribution >= 0.6 is 0 Å². The summed E-state index contributed by atoms with van der Waals surface area (Å²) in [4.78, 5) is 0. The van der Waals surface area contributed by atoms with Crippen LogP contribution in [-0.4, -0.2) is 36.6 Å². The van der Waals surface area contributed by atoms with Crippen molar-refractivity contribution >= 4 is 16.4 Å². The molecule has 0 amide bonds. The minimum absolute atomic E-state index is 1.01. The van der Waals surface area contributed by atoms with Gasteiger partial charge in [0.2, 0.25) is 0 Å². The molecule has 0 spiro atoms. The molecule has 0 aliphatic carbocycles. The molecule has 0 bridgehead atoms. The average Bonchev–Trinajstić information content (AvgIpc) is 2.28. The molecule has 4 heteroatoms. The standard InChI is InChI=1S/C12H29NOSi2/c1-14-16(4,5)11-10-15(2,3)12-6-8-13-9-7-12/h12-13H,6-11H2,1-5H3. The minimum atomic E-state index is -1.33. The molecule has 0 radical (unpaired) electrons. The van der Waals surface area contributed by atoms with Crippen LogP contribution in [0.25, 0.3) is 0 Å². The maximum atomic E-state index is 5.67. The second kappa shape index (κ2) is 5.80. The molecular formula is C12H29NOSi2. The summed E-state index contributed by atoms with van der Waals surface area (Å²) in [5, 5.41) is 3.48. The molecule has 0 saturated carbocycles. The van der Waals surface area contributed by atoms with Gasteiger partial charge in [0.1, 0.15) is 0 Å². The Kier molecular flexibility index (Phi) is 5.23. The zero-order chi connectivity index (χ0) is 12.2. The molecule has 16 heavy (non-hydrogen) atoms. The van der Waals surface area contributed by atoms with Gasteiger partial charge in [0.25, 0.3) is 0 Å². The first-order valence-electron chi connectivity index (χ1n) is 6.63. The van der Waals surface area contributed by atoms with Gasteiger partial charge in [0, 0.05) is 7.11 Å². The van der Waals surface area contributed by atoms with Crippen molar-refractivity contribution in [1.82, 2.24) is 5.32 Å². The van der Waals surface area contributed by atoms with Crippen LogP contribution in [-0.2, 0) is 4.43 Å². The predicted molar refractivity (Wildman–Crippen MR) is 77.4 cm³/mol. The molecule has 1 saturated heterocycles. The number of hydrogen-bond acceptors (Lipinski definition) is 2. The zero-order valence-corrected chi connectivity index (χ0v) is 13.7. The van der Waals surface area contributed by atoms with Gasteiger partial charge >= 0.3 is 0 Å². The second-order valence-corrected chi connectivity index (χ2v) is 16.2. The van der Waals surface area contributed by atoms with Crippen LogP contribution in [0.1, 0.15) is 12.8 Å². The molecule has 1 heterocycles. The molecule has 1 fully saturated rings. The normalized spacial score (nSPS) is 20.1. The third-order valence-electron chi connectivity index (χ3n) is 4.37. The molecule has 0 aromatic carbocycles. The monoisotopic (exact) mass is 259 g/mol. The Morgan fingerprint density at radius 3 is 2.12 bits per heavy atom. The summed E-state index contributed by atoms with van der Waals surface area (Å²) in [6.07, 6.45) is 2.82. The summed E-state index contributed by atoms with van der Waals surface area (Å²) in [5.74, 6) is 0. The van der Waals surface area contributed by atoms with E-state index in [1.807, 2.05) is 7.11 Å². The molecule has 2 nitrogen and oxygen atoms in total. The molecule has 0 aromatic heterocycles. The van der Waals surface area contributed by atoms with Crippen molar-refractivity contribution in [3.8, 4) is 0 Å². The minimum Gasteiger partial charge on any atom is -0.420 e. The lowest BCUT2D eigenvalue weighted by atomic mass is 10.2. The molecule has 96 valence electrons. The van der Waals surface area contributed by atoms with E-state index in [1.54, 1.807) is 0 Å². The van der Waals surface area contributed by atoms with Crippen molar-refractivity contribution in [2.75, 3.05) is 20.2 Å². The van der Waals surface area contributed by atoms with E-state index >= 15 is 0 Å². The Balaban J connectivity index is 2.43. The van der Waals surface area contributed by atoms with Gasteiger partial charge in [-0.25, -0.2) is 0 Å². The van der Waals surface area contributed by atoms with Crippen molar-refractivity contribution in [3.05, 3.63) is 0 Å². The largest absolute Gasteiger partial charge is 0.420 e. The maximum absolute atomic E-state index is 5.67. The number of nitrogens with one attached hydrogen (secondary N) is 1. The van der Waals surface area contributed by atoms with E-state index in [-0.39, 0.29) is 0 Å². The lowest BCUT2D eigenvalue weighted by Crippen LogP contribution is -2.41. The second-order valence-electron chi connectivity index (χ2n) is 6.48. The van der Waals surface area contributed by atoms with Crippen molar-refractivity contribution < 1.29 is 4.43 Å². The van der Waals surface area contributed by atoms with Crippen LogP contribution in [0.4, 0.5) is 0 Å². The van der Waals surface area contributed by atoms with E-state index in [0.717, 1.165) is 5.54 Å². The summed E-state index contributed by atoms with van der Waals surface area (Å²) in [7, 11) is -0.451. The molecular weight excluding hydrogens is 230 g/mol.